The van der Waals surface area contributed by atoms with E-state index in [4.69, 9.17) is 4.74 Å². The number of amides is 1. The first-order valence-corrected chi connectivity index (χ1v) is 11.0. The maximum Gasteiger partial charge on any atom is 0.337 e. The number of rotatable bonds is 7. The lowest BCUT2D eigenvalue weighted by Crippen LogP contribution is -2.47. The van der Waals surface area contributed by atoms with E-state index in [1.165, 1.54) is 13.2 Å². The van der Waals surface area contributed by atoms with E-state index in [2.05, 4.69) is 5.32 Å². The quantitative estimate of drug-likeness (QED) is 0.697. The molecule has 0 heterocycles. The minimum atomic E-state index is -3.72. The molecule has 2 aromatic carbocycles. The van der Waals surface area contributed by atoms with Crippen molar-refractivity contribution in [1.82, 2.24) is 0 Å². The molecule has 2 aromatic rings. The van der Waals surface area contributed by atoms with Crippen molar-refractivity contribution in [2.24, 2.45) is 0 Å². The van der Waals surface area contributed by atoms with E-state index in [0.717, 1.165) is 21.7 Å². The van der Waals surface area contributed by atoms with Crippen LogP contribution in [0.1, 0.15) is 34.8 Å². The second-order valence-corrected chi connectivity index (χ2v) is 8.69. The van der Waals surface area contributed by atoms with Crippen LogP contribution in [0.15, 0.2) is 42.5 Å². The smallest absolute Gasteiger partial charge is 0.337 e. The van der Waals surface area contributed by atoms with Gasteiger partial charge in [0.2, 0.25) is 15.9 Å². The summed E-state index contributed by atoms with van der Waals surface area (Å²) in [6.07, 6.45) is 1.34. The van der Waals surface area contributed by atoms with Crippen LogP contribution in [0.3, 0.4) is 0 Å². The highest BCUT2D eigenvalue weighted by Gasteiger charge is 2.31. The zero-order valence-corrected chi connectivity index (χ0v) is 18.0. The standard InChI is InChI=1S/C21H26N2O5S/c1-6-19(23(29(5,26)27)17-9-7-8-14(2)12-17)20(24)22-18-13-16(21(25)28-4)11-10-15(18)3/h7-13,19H,6H2,1-5H3,(H,22,24)/t19-/m1/s1. The van der Waals surface area contributed by atoms with E-state index in [0.29, 0.717) is 16.9 Å². The van der Waals surface area contributed by atoms with Crippen LogP contribution in [0.5, 0.6) is 0 Å². The molecule has 0 aromatic heterocycles. The second-order valence-electron chi connectivity index (χ2n) is 6.83. The van der Waals surface area contributed by atoms with Crippen LogP contribution in [0.2, 0.25) is 0 Å². The first-order valence-electron chi connectivity index (χ1n) is 9.14. The summed E-state index contributed by atoms with van der Waals surface area (Å²) < 4.78 is 30.9. The molecule has 0 spiro atoms. The van der Waals surface area contributed by atoms with Crippen LogP contribution in [-0.4, -0.2) is 39.7 Å². The predicted octanol–water partition coefficient (Wildman–Crippen LogP) is 3.27. The molecule has 1 N–H and O–H groups in total. The van der Waals surface area contributed by atoms with Gasteiger partial charge in [-0.3, -0.25) is 9.10 Å². The minimum absolute atomic E-state index is 0.266. The van der Waals surface area contributed by atoms with Gasteiger partial charge in [0.05, 0.1) is 24.6 Å². The number of aryl methyl sites for hydroxylation is 2. The molecule has 0 aliphatic carbocycles. The number of ether oxygens (including phenoxy) is 1. The van der Waals surface area contributed by atoms with Gasteiger partial charge in [0, 0.05) is 5.69 Å². The summed E-state index contributed by atoms with van der Waals surface area (Å²) in [5, 5.41) is 2.76. The van der Waals surface area contributed by atoms with Crippen LogP contribution < -0.4 is 9.62 Å². The Bertz CT molecular complexity index is 1020. The maximum atomic E-state index is 13.1. The Hall–Kier alpha value is -2.87. The van der Waals surface area contributed by atoms with E-state index >= 15 is 0 Å². The van der Waals surface area contributed by atoms with Crippen LogP contribution in [0.25, 0.3) is 0 Å². The lowest BCUT2D eigenvalue weighted by Gasteiger charge is -2.30. The third kappa shape index (κ3) is 5.35. The molecule has 0 saturated heterocycles. The van der Waals surface area contributed by atoms with Crippen LogP contribution >= 0.6 is 0 Å². The van der Waals surface area contributed by atoms with Gasteiger partial charge in [-0.05, 0) is 55.7 Å². The van der Waals surface area contributed by atoms with E-state index in [9.17, 15) is 18.0 Å². The number of hydrogen-bond donors (Lipinski definition) is 1. The zero-order chi connectivity index (χ0) is 21.8. The molecule has 156 valence electrons. The van der Waals surface area contributed by atoms with Gasteiger partial charge >= 0.3 is 5.97 Å². The summed E-state index contributed by atoms with van der Waals surface area (Å²) >= 11 is 0. The number of benzene rings is 2. The molecule has 8 heteroatoms. The number of methoxy groups -OCH3 is 1. The van der Waals surface area contributed by atoms with Gasteiger partial charge in [-0.15, -0.1) is 0 Å². The van der Waals surface area contributed by atoms with E-state index in [-0.39, 0.29) is 6.42 Å². The van der Waals surface area contributed by atoms with Crippen molar-refractivity contribution < 1.29 is 22.7 Å². The van der Waals surface area contributed by atoms with Gasteiger partial charge in [-0.25, -0.2) is 13.2 Å². The number of anilines is 2. The van der Waals surface area contributed by atoms with Crippen molar-refractivity contribution in [1.29, 1.82) is 0 Å². The number of carbonyl (C=O) groups excluding carboxylic acids is 2. The van der Waals surface area contributed by atoms with E-state index in [1.807, 2.05) is 13.0 Å². The molecule has 0 unspecified atom stereocenters. The molecule has 0 bridgehead atoms. The normalized spacial score (nSPS) is 12.2. The fourth-order valence-corrected chi connectivity index (χ4v) is 4.25. The molecule has 1 atom stereocenters. The highest BCUT2D eigenvalue weighted by atomic mass is 32.2. The first kappa shape index (κ1) is 22.4. The van der Waals surface area contributed by atoms with Gasteiger partial charge in [-0.1, -0.05) is 25.1 Å². The SMILES string of the molecule is CC[C@H](C(=O)Nc1cc(C(=O)OC)ccc1C)N(c1cccc(C)c1)S(C)(=O)=O. The molecule has 0 aliphatic heterocycles. The average molecular weight is 419 g/mol. The molecule has 0 fully saturated rings. The molecular formula is C21H26N2O5S. The molecule has 29 heavy (non-hydrogen) atoms. The highest BCUT2D eigenvalue weighted by molar-refractivity contribution is 7.92. The Labute approximate surface area is 171 Å². The van der Waals surface area contributed by atoms with Gasteiger partial charge in [0.25, 0.3) is 0 Å². The largest absolute Gasteiger partial charge is 0.465 e. The summed E-state index contributed by atoms with van der Waals surface area (Å²) in [4.78, 5) is 24.8. The number of esters is 1. The Morgan fingerprint density at radius 3 is 2.38 bits per heavy atom. The monoisotopic (exact) mass is 418 g/mol. The number of carbonyl (C=O) groups is 2. The Morgan fingerprint density at radius 2 is 1.83 bits per heavy atom. The lowest BCUT2D eigenvalue weighted by atomic mass is 10.1. The molecule has 2 rings (SSSR count). The van der Waals surface area contributed by atoms with Gasteiger partial charge in [-0.2, -0.15) is 0 Å². The number of nitrogens with one attached hydrogen (secondary N) is 1. The fourth-order valence-electron chi connectivity index (χ4n) is 3.04. The third-order valence-corrected chi connectivity index (χ3v) is 5.68. The molecule has 0 saturated carbocycles. The lowest BCUT2D eigenvalue weighted by molar-refractivity contribution is -0.117. The van der Waals surface area contributed by atoms with Gasteiger partial charge in [0.15, 0.2) is 0 Å². The van der Waals surface area contributed by atoms with E-state index < -0.39 is 27.9 Å². The Balaban J connectivity index is 2.42. The van der Waals surface area contributed by atoms with Crippen molar-refractivity contribution >= 4 is 33.3 Å². The average Bonchev–Trinajstić information content (AvgIpc) is 2.65. The summed E-state index contributed by atoms with van der Waals surface area (Å²) in [6, 6.07) is 10.8. The van der Waals surface area contributed by atoms with Crippen LogP contribution in [0, 0.1) is 13.8 Å². The molecule has 0 radical (unpaired) electrons. The van der Waals surface area contributed by atoms with Crippen molar-refractivity contribution in [2.45, 2.75) is 33.2 Å². The molecule has 0 aliphatic rings. The second kappa shape index (κ2) is 9.09. The van der Waals surface area contributed by atoms with Gasteiger partial charge in [0.1, 0.15) is 6.04 Å². The van der Waals surface area contributed by atoms with Crippen LogP contribution in [0.4, 0.5) is 11.4 Å². The first-order chi connectivity index (χ1) is 13.6. The minimum Gasteiger partial charge on any atom is -0.465 e. The molecule has 7 nitrogen and oxygen atoms in total. The summed E-state index contributed by atoms with van der Waals surface area (Å²) in [6.45, 7) is 5.38. The van der Waals surface area contributed by atoms with Crippen LogP contribution in [-0.2, 0) is 19.6 Å². The Kier molecular flexibility index (Phi) is 7.02. The third-order valence-electron chi connectivity index (χ3n) is 4.50. The maximum absolute atomic E-state index is 13.1. The molecule has 1 amide bonds. The topological polar surface area (TPSA) is 92.8 Å². The number of hydrogen-bond acceptors (Lipinski definition) is 5. The van der Waals surface area contributed by atoms with Crippen molar-refractivity contribution in [2.75, 3.05) is 23.0 Å². The van der Waals surface area contributed by atoms with Crippen molar-refractivity contribution in [3.8, 4) is 0 Å². The summed E-state index contributed by atoms with van der Waals surface area (Å²) in [7, 11) is -2.44. The van der Waals surface area contributed by atoms with E-state index in [1.54, 1.807) is 44.2 Å². The number of sulfonamides is 1. The fraction of sp³-hybridized carbons (Fsp3) is 0.333. The predicted molar refractivity (Wildman–Crippen MR) is 114 cm³/mol. The van der Waals surface area contributed by atoms with Gasteiger partial charge < -0.3 is 10.1 Å². The van der Waals surface area contributed by atoms with Crippen molar-refractivity contribution in [3.05, 3.63) is 59.2 Å². The van der Waals surface area contributed by atoms with Crippen molar-refractivity contribution in [3.63, 3.8) is 0 Å². The summed E-state index contributed by atoms with van der Waals surface area (Å²) in [5.41, 5.74) is 2.76. The molecular weight excluding hydrogens is 392 g/mol. The number of nitrogens with zero attached hydrogens (tertiary/aromatic N) is 1. The Morgan fingerprint density at radius 1 is 1.14 bits per heavy atom. The zero-order valence-electron chi connectivity index (χ0n) is 17.2. The highest BCUT2D eigenvalue weighted by Crippen LogP contribution is 2.25. The summed E-state index contributed by atoms with van der Waals surface area (Å²) in [5.74, 6) is -1.00.